The Bertz CT molecular complexity index is 821. The summed E-state index contributed by atoms with van der Waals surface area (Å²) in [5.74, 6) is 2.82. The number of halogens is 1. The van der Waals surface area contributed by atoms with Gasteiger partial charge in [-0.2, -0.15) is 0 Å². The number of methoxy groups -OCH3 is 1. The van der Waals surface area contributed by atoms with Crippen LogP contribution in [-0.2, 0) is 13.1 Å². The van der Waals surface area contributed by atoms with Crippen LogP contribution in [0.2, 0.25) is 0 Å². The van der Waals surface area contributed by atoms with Crippen molar-refractivity contribution in [3.05, 3.63) is 53.7 Å². The molecule has 0 amide bonds. The Balaban J connectivity index is 0.00000341. The maximum atomic E-state index is 5.25. The smallest absolute Gasteiger partial charge is 0.194 e. The Labute approximate surface area is 203 Å². The van der Waals surface area contributed by atoms with Crippen molar-refractivity contribution in [1.29, 1.82) is 0 Å². The van der Waals surface area contributed by atoms with Crippen LogP contribution >= 0.6 is 24.0 Å². The highest BCUT2D eigenvalue weighted by atomic mass is 127. The Hall–Kier alpha value is -2.07. The normalized spacial score (nSPS) is 14.7. The van der Waals surface area contributed by atoms with E-state index in [2.05, 4.69) is 64.2 Å². The van der Waals surface area contributed by atoms with Crippen LogP contribution in [0.4, 0.5) is 5.82 Å². The molecule has 0 aliphatic carbocycles. The summed E-state index contributed by atoms with van der Waals surface area (Å²) in [6.45, 7) is 8.42. The minimum atomic E-state index is 0. The second-order valence-electron chi connectivity index (χ2n) is 7.65. The van der Waals surface area contributed by atoms with E-state index in [4.69, 9.17) is 9.73 Å². The molecule has 170 valence electrons. The first-order chi connectivity index (χ1) is 14.6. The van der Waals surface area contributed by atoms with E-state index < -0.39 is 0 Å². The number of anilines is 1. The topological polar surface area (TPSA) is 56.2 Å². The second-order valence-corrected chi connectivity index (χ2v) is 7.65. The zero-order valence-corrected chi connectivity index (χ0v) is 21.4. The van der Waals surface area contributed by atoms with Gasteiger partial charge in [0, 0.05) is 58.1 Å². The summed E-state index contributed by atoms with van der Waals surface area (Å²) < 4.78 is 5.25. The number of hydrogen-bond acceptors (Lipinski definition) is 5. The minimum absolute atomic E-state index is 0. The fourth-order valence-corrected chi connectivity index (χ4v) is 3.57. The van der Waals surface area contributed by atoms with E-state index in [1.807, 2.05) is 24.4 Å². The van der Waals surface area contributed by atoms with Crippen molar-refractivity contribution in [2.45, 2.75) is 20.0 Å². The number of likely N-dealkylation sites (N-methyl/N-ethyl adjacent to an activating group) is 1. The van der Waals surface area contributed by atoms with E-state index in [1.165, 1.54) is 5.56 Å². The maximum Gasteiger partial charge on any atom is 0.194 e. The number of benzene rings is 1. The lowest BCUT2D eigenvalue weighted by Gasteiger charge is -2.34. The van der Waals surface area contributed by atoms with E-state index >= 15 is 0 Å². The molecular weight excluding hydrogens is 503 g/mol. The van der Waals surface area contributed by atoms with Crippen LogP contribution in [0.1, 0.15) is 18.1 Å². The molecule has 0 saturated carbocycles. The first kappa shape index (κ1) is 25.2. The highest BCUT2D eigenvalue weighted by Gasteiger charge is 2.18. The molecule has 2 heterocycles. The molecule has 0 bridgehead atoms. The number of aliphatic imine (C=N–C) groups is 1. The predicted octanol–water partition coefficient (Wildman–Crippen LogP) is 3.06. The number of pyridine rings is 1. The van der Waals surface area contributed by atoms with Gasteiger partial charge in [-0.3, -0.25) is 0 Å². The lowest BCUT2D eigenvalue weighted by Crippen LogP contribution is -2.45. The second kappa shape index (κ2) is 12.7. The van der Waals surface area contributed by atoms with Crippen LogP contribution in [0, 0.1) is 0 Å². The van der Waals surface area contributed by atoms with Gasteiger partial charge in [0.1, 0.15) is 11.6 Å². The van der Waals surface area contributed by atoms with Crippen LogP contribution in [0.3, 0.4) is 0 Å². The summed E-state index contributed by atoms with van der Waals surface area (Å²) in [5.41, 5.74) is 2.37. The van der Waals surface area contributed by atoms with Gasteiger partial charge in [0.25, 0.3) is 0 Å². The molecule has 1 aromatic heterocycles. The maximum absolute atomic E-state index is 5.25. The Kier molecular flexibility index (Phi) is 10.3. The first-order valence-corrected chi connectivity index (χ1v) is 10.6. The van der Waals surface area contributed by atoms with Crippen molar-refractivity contribution in [1.82, 2.24) is 20.1 Å². The number of aromatic nitrogens is 1. The van der Waals surface area contributed by atoms with Gasteiger partial charge in [-0.25, -0.2) is 9.98 Å². The molecule has 2 aromatic rings. The number of piperazine rings is 1. The molecule has 31 heavy (non-hydrogen) atoms. The van der Waals surface area contributed by atoms with Crippen LogP contribution in [0.5, 0.6) is 5.75 Å². The molecule has 0 spiro atoms. The summed E-state index contributed by atoms with van der Waals surface area (Å²) in [6.07, 6.45) is 1.88. The number of hydrogen-bond donors (Lipinski definition) is 1. The number of nitrogens with zero attached hydrogens (tertiary/aromatic N) is 5. The zero-order chi connectivity index (χ0) is 21.3. The van der Waals surface area contributed by atoms with Gasteiger partial charge in [0.05, 0.1) is 13.7 Å². The molecule has 3 rings (SSSR count). The van der Waals surface area contributed by atoms with Crippen LogP contribution in [0.25, 0.3) is 0 Å². The quantitative estimate of drug-likeness (QED) is 0.333. The average molecular weight is 538 g/mol. The van der Waals surface area contributed by atoms with Crippen LogP contribution in [-0.4, -0.2) is 74.7 Å². The van der Waals surface area contributed by atoms with Crippen molar-refractivity contribution in [2.24, 2.45) is 4.99 Å². The fourth-order valence-electron chi connectivity index (χ4n) is 3.57. The average Bonchev–Trinajstić information content (AvgIpc) is 2.78. The van der Waals surface area contributed by atoms with Gasteiger partial charge in [0.15, 0.2) is 5.96 Å². The molecule has 1 aliphatic rings. The number of rotatable bonds is 7. The summed E-state index contributed by atoms with van der Waals surface area (Å²) >= 11 is 0. The fraction of sp³-hybridized carbons (Fsp3) is 0.478. The van der Waals surface area contributed by atoms with E-state index in [9.17, 15) is 0 Å². The van der Waals surface area contributed by atoms with Crippen LogP contribution in [0.15, 0.2) is 47.6 Å². The largest absolute Gasteiger partial charge is 0.497 e. The van der Waals surface area contributed by atoms with Crippen LogP contribution < -0.4 is 15.0 Å². The lowest BCUT2D eigenvalue weighted by molar-refractivity contribution is 0.312. The van der Waals surface area contributed by atoms with E-state index in [1.54, 1.807) is 7.11 Å². The third-order valence-electron chi connectivity index (χ3n) is 5.34. The minimum Gasteiger partial charge on any atom is -0.497 e. The summed E-state index contributed by atoms with van der Waals surface area (Å²) in [6, 6.07) is 12.3. The Morgan fingerprint density at radius 2 is 1.87 bits per heavy atom. The Morgan fingerprint density at radius 1 is 1.16 bits per heavy atom. The van der Waals surface area contributed by atoms with Crippen molar-refractivity contribution in [3.63, 3.8) is 0 Å². The van der Waals surface area contributed by atoms with Crippen molar-refractivity contribution in [3.8, 4) is 5.75 Å². The van der Waals surface area contributed by atoms with E-state index in [0.717, 1.165) is 62.4 Å². The summed E-state index contributed by atoms with van der Waals surface area (Å²) in [7, 11) is 5.92. The molecule has 1 aliphatic heterocycles. The van der Waals surface area contributed by atoms with Gasteiger partial charge in [-0.15, -0.1) is 24.0 Å². The summed E-state index contributed by atoms with van der Waals surface area (Å²) in [5, 5.41) is 3.41. The molecule has 0 unspecified atom stereocenters. The highest BCUT2D eigenvalue weighted by molar-refractivity contribution is 14.0. The molecule has 0 atom stereocenters. The summed E-state index contributed by atoms with van der Waals surface area (Å²) in [4.78, 5) is 16.5. The van der Waals surface area contributed by atoms with E-state index in [-0.39, 0.29) is 24.0 Å². The third-order valence-corrected chi connectivity index (χ3v) is 5.34. The molecule has 1 aromatic carbocycles. The van der Waals surface area contributed by atoms with Crippen molar-refractivity contribution < 1.29 is 4.74 Å². The molecule has 1 saturated heterocycles. The Morgan fingerprint density at radius 3 is 2.52 bits per heavy atom. The van der Waals surface area contributed by atoms with Gasteiger partial charge in [-0.1, -0.05) is 18.2 Å². The lowest BCUT2D eigenvalue weighted by atomic mass is 10.2. The number of nitrogens with one attached hydrogen (secondary N) is 1. The number of guanidine groups is 1. The monoisotopic (exact) mass is 538 g/mol. The third kappa shape index (κ3) is 7.24. The SMILES string of the molecule is CCNC(=NCc1cccnc1N1CCN(C)CC1)N(C)Cc1ccc(OC)cc1.I. The van der Waals surface area contributed by atoms with Crippen molar-refractivity contribution in [2.75, 3.05) is 58.8 Å². The van der Waals surface area contributed by atoms with E-state index in [0.29, 0.717) is 6.54 Å². The standard InChI is InChI=1S/C23H34N6O.HI/c1-5-24-23(28(3)18-19-8-10-21(30-4)11-9-19)26-17-20-7-6-12-25-22(20)29-15-13-27(2)14-16-29;/h6-12H,5,13-18H2,1-4H3,(H,24,26);1H. The van der Waals surface area contributed by atoms with Gasteiger partial charge >= 0.3 is 0 Å². The zero-order valence-electron chi connectivity index (χ0n) is 19.0. The number of ether oxygens (including phenoxy) is 1. The molecule has 8 heteroatoms. The molecule has 1 N–H and O–H groups in total. The molecule has 1 fully saturated rings. The van der Waals surface area contributed by atoms with Gasteiger partial charge in [0.2, 0.25) is 0 Å². The predicted molar refractivity (Wildman–Crippen MR) is 139 cm³/mol. The molecule has 7 nitrogen and oxygen atoms in total. The molecular formula is C23H35IN6O. The first-order valence-electron chi connectivity index (χ1n) is 10.6. The van der Waals surface area contributed by atoms with Crippen molar-refractivity contribution >= 4 is 35.8 Å². The van der Waals surface area contributed by atoms with Gasteiger partial charge < -0.3 is 24.8 Å². The molecule has 0 radical (unpaired) electrons. The highest BCUT2D eigenvalue weighted by Crippen LogP contribution is 2.20. The van der Waals surface area contributed by atoms with Gasteiger partial charge in [-0.05, 0) is 37.7 Å².